The molecule has 0 saturated heterocycles. The number of hydrogen-bond acceptors (Lipinski definition) is 3. The summed E-state index contributed by atoms with van der Waals surface area (Å²) >= 11 is 0. The van der Waals surface area contributed by atoms with E-state index in [0.29, 0.717) is 6.54 Å². The fourth-order valence-electron chi connectivity index (χ4n) is 0.895. The lowest BCUT2D eigenvalue weighted by molar-refractivity contribution is -0.135. The minimum Gasteiger partial charge on any atom is -0.354 e. The van der Waals surface area contributed by atoms with E-state index < -0.39 is 11.7 Å². The first-order valence-corrected chi connectivity index (χ1v) is 4.94. The maximum absolute atomic E-state index is 11.1. The largest absolute Gasteiger partial charge is 0.354 e. The third-order valence-electron chi connectivity index (χ3n) is 1.60. The number of nitrogens with one attached hydrogen (secondary N) is 2. The molecule has 0 aromatic heterocycles. The molecule has 0 rings (SSSR count). The summed E-state index contributed by atoms with van der Waals surface area (Å²) in [6.07, 6.45) is 4.41. The van der Waals surface area contributed by atoms with Gasteiger partial charge in [-0.1, -0.05) is 12.2 Å². The van der Waals surface area contributed by atoms with Crippen molar-refractivity contribution in [1.29, 1.82) is 0 Å². The van der Waals surface area contributed by atoms with Crippen LogP contribution in [-0.4, -0.2) is 30.7 Å². The van der Waals surface area contributed by atoms with Crippen molar-refractivity contribution in [3.63, 3.8) is 0 Å². The minimum atomic E-state index is -0.670. The quantitative estimate of drug-likeness (QED) is 0.275. The number of hydrogen-bond donors (Lipinski definition) is 2. The molecule has 0 unspecified atom stereocenters. The molecule has 2 N–H and O–H groups in total. The monoisotopic (exact) mass is 224 g/mol. The topological polar surface area (TPSA) is 75.3 Å². The molecule has 0 aromatic carbocycles. The second-order valence-corrected chi connectivity index (χ2v) is 2.96. The fraction of sp³-hybridized carbons (Fsp3) is 0.364. The van der Waals surface area contributed by atoms with Crippen molar-refractivity contribution >= 4 is 17.6 Å². The van der Waals surface area contributed by atoms with Gasteiger partial charge < -0.3 is 10.6 Å². The van der Waals surface area contributed by atoms with Gasteiger partial charge in [0.1, 0.15) is 0 Å². The van der Waals surface area contributed by atoms with Gasteiger partial charge in [0, 0.05) is 19.5 Å². The van der Waals surface area contributed by atoms with Crippen LogP contribution in [0.25, 0.3) is 0 Å². The molecule has 0 aliphatic heterocycles. The van der Waals surface area contributed by atoms with Crippen molar-refractivity contribution < 1.29 is 14.4 Å². The van der Waals surface area contributed by atoms with Crippen LogP contribution in [-0.2, 0) is 14.4 Å². The van der Waals surface area contributed by atoms with E-state index in [1.807, 2.05) is 0 Å². The Kier molecular flexibility index (Phi) is 7.40. The molecule has 0 aliphatic rings. The first-order chi connectivity index (χ1) is 7.61. The Morgan fingerprint density at radius 2 is 1.81 bits per heavy atom. The molecule has 16 heavy (non-hydrogen) atoms. The molecule has 2 amide bonds. The van der Waals surface area contributed by atoms with Gasteiger partial charge in [0.25, 0.3) is 5.91 Å². The molecule has 88 valence electrons. The number of rotatable bonds is 7. The number of carbonyl (C=O) groups is 3. The smallest absolute Gasteiger partial charge is 0.291 e. The lowest BCUT2D eigenvalue weighted by Gasteiger charge is -2.04. The number of allylic oxidation sites excluding steroid dienone is 1. The third-order valence-corrected chi connectivity index (χ3v) is 1.60. The highest BCUT2D eigenvalue weighted by molar-refractivity contribution is 6.40. The lowest BCUT2D eigenvalue weighted by atomic mass is 10.3. The summed E-state index contributed by atoms with van der Waals surface area (Å²) < 4.78 is 0. The summed E-state index contributed by atoms with van der Waals surface area (Å²) in [5, 5.41) is 4.94. The first kappa shape index (κ1) is 14.1. The summed E-state index contributed by atoms with van der Waals surface area (Å²) in [5.41, 5.74) is 0. The zero-order chi connectivity index (χ0) is 12.4. The summed E-state index contributed by atoms with van der Waals surface area (Å²) in [6.45, 7) is 5.59. The highest BCUT2D eigenvalue weighted by Gasteiger charge is 2.08. The standard InChI is InChI=1S/C11H16N2O3/c1-3-5-9(14)11(16)13-8-7-12-10(15)6-4-2/h3-5H,2,6-8H2,1H3,(H,12,15)(H,13,16)/b5-3+. The van der Waals surface area contributed by atoms with Crippen LogP contribution in [0.15, 0.2) is 24.8 Å². The fourth-order valence-corrected chi connectivity index (χ4v) is 0.895. The van der Waals surface area contributed by atoms with Crippen LogP contribution in [0.4, 0.5) is 0 Å². The van der Waals surface area contributed by atoms with Gasteiger partial charge in [-0.05, 0) is 13.0 Å². The zero-order valence-electron chi connectivity index (χ0n) is 9.29. The third kappa shape index (κ3) is 6.53. The predicted molar refractivity (Wildman–Crippen MR) is 60.7 cm³/mol. The lowest BCUT2D eigenvalue weighted by Crippen LogP contribution is -2.37. The second-order valence-electron chi connectivity index (χ2n) is 2.96. The van der Waals surface area contributed by atoms with Gasteiger partial charge in [0.05, 0.1) is 0 Å². The Hall–Kier alpha value is -1.91. The summed E-state index contributed by atoms with van der Waals surface area (Å²) in [5.74, 6) is -1.43. The maximum atomic E-state index is 11.1. The van der Waals surface area contributed by atoms with E-state index >= 15 is 0 Å². The van der Waals surface area contributed by atoms with Gasteiger partial charge in [-0.3, -0.25) is 14.4 Å². The average molecular weight is 224 g/mol. The molecule has 0 spiro atoms. The zero-order valence-corrected chi connectivity index (χ0v) is 9.29. The predicted octanol–water partition coefficient (Wildman–Crippen LogP) is -0.0599. The Morgan fingerprint density at radius 1 is 1.19 bits per heavy atom. The Labute approximate surface area is 94.6 Å². The molecular weight excluding hydrogens is 208 g/mol. The molecule has 0 bridgehead atoms. The highest BCUT2D eigenvalue weighted by Crippen LogP contribution is 1.79. The summed E-state index contributed by atoms with van der Waals surface area (Å²) in [4.78, 5) is 33.0. The normalized spacial score (nSPS) is 9.81. The maximum Gasteiger partial charge on any atom is 0.291 e. The van der Waals surface area contributed by atoms with E-state index in [9.17, 15) is 14.4 Å². The minimum absolute atomic E-state index is 0.163. The molecule has 0 aliphatic carbocycles. The molecule has 0 radical (unpaired) electrons. The van der Waals surface area contributed by atoms with Gasteiger partial charge in [-0.25, -0.2) is 0 Å². The van der Waals surface area contributed by atoms with Crippen molar-refractivity contribution in [3.8, 4) is 0 Å². The number of amides is 2. The van der Waals surface area contributed by atoms with E-state index in [4.69, 9.17) is 0 Å². The Bertz CT molecular complexity index is 308. The molecule has 5 nitrogen and oxygen atoms in total. The Morgan fingerprint density at radius 3 is 2.38 bits per heavy atom. The second kappa shape index (κ2) is 8.40. The van der Waals surface area contributed by atoms with Crippen LogP contribution in [0.5, 0.6) is 0 Å². The first-order valence-electron chi connectivity index (χ1n) is 4.94. The molecule has 0 saturated carbocycles. The molecule has 5 heteroatoms. The molecular formula is C11H16N2O3. The highest BCUT2D eigenvalue weighted by atomic mass is 16.2. The van der Waals surface area contributed by atoms with Crippen molar-refractivity contribution in [2.24, 2.45) is 0 Å². The van der Waals surface area contributed by atoms with Gasteiger partial charge in [0.2, 0.25) is 11.7 Å². The van der Waals surface area contributed by atoms with Gasteiger partial charge >= 0.3 is 0 Å². The van der Waals surface area contributed by atoms with Crippen molar-refractivity contribution in [2.75, 3.05) is 13.1 Å². The van der Waals surface area contributed by atoms with Gasteiger partial charge in [-0.15, -0.1) is 6.58 Å². The van der Waals surface area contributed by atoms with E-state index in [-0.39, 0.29) is 18.9 Å². The van der Waals surface area contributed by atoms with E-state index in [1.54, 1.807) is 6.92 Å². The Balaban J connectivity index is 3.66. The van der Waals surface area contributed by atoms with E-state index in [1.165, 1.54) is 18.2 Å². The van der Waals surface area contributed by atoms with Crippen LogP contribution >= 0.6 is 0 Å². The molecule has 0 fully saturated rings. The van der Waals surface area contributed by atoms with Crippen LogP contribution in [0.3, 0.4) is 0 Å². The number of carbonyl (C=O) groups excluding carboxylic acids is 3. The summed E-state index contributed by atoms with van der Waals surface area (Å²) in [6, 6.07) is 0. The summed E-state index contributed by atoms with van der Waals surface area (Å²) in [7, 11) is 0. The number of ketones is 1. The van der Waals surface area contributed by atoms with Crippen LogP contribution in [0.2, 0.25) is 0 Å². The van der Waals surface area contributed by atoms with Crippen LogP contribution < -0.4 is 10.6 Å². The van der Waals surface area contributed by atoms with Crippen LogP contribution in [0.1, 0.15) is 13.3 Å². The van der Waals surface area contributed by atoms with E-state index in [0.717, 1.165) is 0 Å². The SMILES string of the molecule is C=CCC(=O)NCCNC(=O)C(=O)/C=C/C. The van der Waals surface area contributed by atoms with Crippen molar-refractivity contribution in [2.45, 2.75) is 13.3 Å². The molecule has 0 heterocycles. The average Bonchev–Trinajstić information content (AvgIpc) is 2.24. The molecule has 0 atom stereocenters. The van der Waals surface area contributed by atoms with E-state index in [2.05, 4.69) is 17.2 Å². The molecule has 0 aromatic rings. The van der Waals surface area contributed by atoms with Crippen LogP contribution in [0, 0.1) is 0 Å². The van der Waals surface area contributed by atoms with Crippen molar-refractivity contribution in [3.05, 3.63) is 24.8 Å². The van der Waals surface area contributed by atoms with Gasteiger partial charge in [-0.2, -0.15) is 0 Å². The van der Waals surface area contributed by atoms with Gasteiger partial charge in [0.15, 0.2) is 0 Å². The van der Waals surface area contributed by atoms with Crippen molar-refractivity contribution in [1.82, 2.24) is 10.6 Å².